The molecule has 2 heterocycles. The number of carbonyl (C=O) groups excluding carboxylic acids is 1. The number of amides is 1. The average molecular weight is 412 g/mol. The summed E-state index contributed by atoms with van der Waals surface area (Å²) in [5, 5.41) is 4.01. The lowest BCUT2D eigenvalue weighted by Gasteiger charge is -2.31. The van der Waals surface area contributed by atoms with E-state index in [1.165, 1.54) is 10.3 Å². The summed E-state index contributed by atoms with van der Waals surface area (Å²) in [7, 11) is 3.20. The zero-order chi connectivity index (χ0) is 20.4. The number of carbonyl (C=O) groups is 1. The summed E-state index contributed by atoms with van der Waals surface area (Å²) in [6.45, 7) is 3.68. The highest BCUT2D eigenvalue weighted by molar-refractivity contribution is 7.22. The molecule has 1 aliphatic heterocycles. The number of thiazole rings is 1. The Hall–Kier alpha value is -2.80. The molecule has 0 radical (unpaired) electrons. The highest BCUT2D eigenvalue weighted by atomic mass is 32.1. The minimum atomic E-state index is -0.103. The molecule has 152 valence electrons. The summed E-state index contributed by atoms with van der Waals surface area (Å²) in [5.74, 6) is 1.19. The van der Waals surface area contributed by atoms with Crippen molar-refractivity contribution in [1.82, 2.24) is 4.98 Å². The van der Waals surface area contributed by atoms with E-state index in [9.17, 15) is 4.79 Å². The second-order valence-corrected chi connectivity index (χ2v) is 8.32. The summed E-state index contributed by atoms with van der Waals surface area (Å²) in [6, 6.07) is 11.7. The number of benzene rings is 2. The molecule has 1 unspecified atom stereocenters. The molecule has 1 fully saturated rings. The molecule has 0 bridgehead atoms. The monoisotopic (exact) mass is 411 g/mol. The van der Waals surface area contributed by atoms with E-state index in [0.29, 0.717) is 23.7 Å². The standard InChI is InChI=1S/C22H25N3O3S/c1-14-6-8-17-20(11-14)29-22(24-17)25-10-4-5-15(13-25)21(26)23-18-12-16(27-2)7-9-19(18)28-3/h6-9,11-12,15H,4-5,10,13H2,1-3H3,(H,23,26). The number of nitrogens with one attached hydrogen (secondary N) is 1. The van der Waals surface area contributed by atoms with E-state index in [1.54, 1.807) is 37.7 Å². The van der Waals surface area contributed by atoms with Gasteiger partial charge in [-0.1, -0.05) is 17.4 Å². The Bertz CT molecular complexity index is 1030. The van der Waals surface area contributed by atoms with Crippen molar-refractivity contribution in [3.05, 3.63) is 42.0 Å². The van der Waals surface area contributed by atoms with E-state index in [-0.39, 0.29) is 11.8 Å². The maximum atomic E-state index is 13.0. The molecule has 4 rings (SSSR count). The van der Waals surface area contributed by atoms with Crippen molar-refractivity contribution in [3.63, 3.8) is 0 Å². The van der Waals surface area contributed by atoms with Crippen LogP contribution in [0.2, 0.25) is 0 Å². The number of aromatic nitrogens is 1. The predicted octanol–water partition coefficient (Wildman–Crippen LogP) is 4.48. The van der Waals surface area contributed by atoms with E-state index in [0.717, 1.165) is 30.0 Å². The molecule has 0 spiro atoms. The van der Waals surface area contributed by atoms with Crippen molar-refractivity contribution in [2.75, 3.05) is 37.5 Å². The number of ether oxygens (including phenoxy) is 2. The van der Waals surface area contributed by atoms with Crippen LogP contribution in [0.3, 0.4) is 0 Å². The Balaban J connectivity index is 1.50. The van der Waals surface area contributed by atoms with Crippen molar-refractivity contribution in [1.29, 1.82) is 0 Å². The Morgan fingerprint density at radius 1 is 1.21 bits per heavy atom. The van der Waals surface area contributed by atoms with Crippen molar-refractivity contribution in [3.8, 4) is 11.5 Å². The molecule has 0 saturated carbocycles. The quantitative estimate of drug-likeness (QED) is 0.671. The number of methoxy groups -OCH3 is 2. The molecular weight excluding hydrogens is 386 g/mol. The molecule has 29 heavy (non-hydrogen) atoms. The Morgan fingerprint density at radius 3 is 2.86 bits per heavy atom. The van der Waals surface area contributed by atoms with Crippen LogP contribution in [0, 0.1) is 12.8 Å². The molecule has 0 aliphatic carbocycles. The molecule has 7 heteroatoms. The van der Waals surface area contributed by atoms with Crippen LogP contribution < -0.4 is 19.7 Å². The first-order valence-electron chi connectivity index (χ1n) is 9.72. The molecule has 1 aliphatic rings. The van der Waals surface area contributed by atoms with Crippen LogP contribution in [0.1, 0.15) is 18.4 Å². The number of aryl methyl sites for hydroxylation is 1. The zero-order valence-corrected chi connectivity index (χ0v) is 17.7. The van der Waals surface area contributed by atoms with Gasteiger partial charge in [0.1, 0.15) is 11.5 Å². The van der Waals surface area contributed by atoms with Gasteiger partial charge in [-0.3, -0.25) is 4.79 Å². The number of anilines is 2. The second kappa shape index (κ2) is 8.29. The SMILES string of the molecule is COc1ccc(OC)c(NC(=O)C2CCCN(c3nc4ccc(C)cc4s3)C2)c1. The van der Waals surface area contributed by atoms with Gasteiger partial charge in [0, 0.05) is 19.2 Å². The first kappa shape index (κ1) is 19.5. The van der Waals surface area contributed by atoms with Gasteiger partial charge in [-0.25, -0.2) is 4.98 Å². The summed E-state index contributed by atoms with van der Waals surface area (Å²) < 4.78 is 11.8. The number of hydrogen-bond donors (Lipinski definition) is 1. The number of hydrogen-bond acceptors (Lipinski definition) is 6. The Labute approximate surface area is 174 Å². The van der Waals surface area contributed by atoms with Gasteiger partial charge >= 0.3 is 0 Å². The van der Waals surface area contributed by atoms with Crippen LogP contribution in [0.25, 0.3) is 10.2 Å². The maximum absolute atomic E-state index is 13.0. The van der Waals surface area contributed by atoms with Gasteiger partial charge in [0.15, 0.2) is 5.13 Å². The van der Waals surface area contributed by atoms with Crippen molar-refractivity contribution < 1.29 is 14.3 Å². The second-order valence-electron chi connectivity index (χ2n) is 7.31. The van der Waals surface area contributed by atoms with E-state index in [2.05, 4.69) is 35.3 Å². The third-order valence-corrected chi connectivity index (χ3v) is 6.34. The normalized spacial score (nSPS) is 16.7. The number of rotatable bonds is 5. The van der Waals surface area contributed by atoms with Gasteiger partial charge in [0.05, 0.1) is 36.0 Å². The lowest BCUT2D eigenvalue weighted by atomic mass is 9.97. The molecule has 2 aromatic carbocycles. The minimum absolute atomic E-state index is 0.00166. The van der Waals surface area contributed by atoms with E-state index in [4.69, 9.17) is 14.5 Å². The zero-order valence-electron chi connectivity index (χ0n) is 16.9. The molecule has 1 atom stereocenters. The Kier molecular flexibility index (Phi) is 5.58. The van der Waals surface area contributed by atoms with Crippen LogP contribution in [-0.2, 0) is 4.79 Å². The third kappa shape index (κ3) is 4.15. The molecule has 1 amide bonds. The smallest absolute Gasteiger partial charge is 0.229 e. The fraction of sp³-hybridized carbons (Fsp3) is 0.364. The van der Waals surface area contributed by atoms with Gasteiger partial charge < -0.3 is 19.7 Å². The lowest BCUT2D eigenvalue weighted by molar-refractivity contribution is -0.120. The van der Waals surface area contributed by atoms with Gasteiger partial charge in [0.2, 0.25) is 5.91 Å². The molecule has 1 aromatic heterocycles. The molecular formula is C22H25N3O3S. The first-order valence-corrected chi connectivity index (χ1v) is 10.5. The fourth-order valence-corrected chi connectivity index (χ4v) is 4.77. The van der Waals surface area contributed by atoms with Crippen LogP contribution in [0.5, 0.6) is 11.5 Å². The number of piperidine rings is 1. The highest BCUT2D eigenvalue weighted by Crippen LogP contribution is 2.33. The third-order valence-electron chi connectivity index (χ3n) is 5.26. The maximum Gasteiger partial charge on any atom is 0.229 e. The molecule has 1 saturated heterocycles. The molecule has 6 nitrogen and oxygen atoms in total. The van der Waals surface area contributed by atoms with Crippen molar-refractivity contribution in [2.45, 2.75) is 19.8 Å². The number of nitrogens with zero attached hydrogens (tertiary/aromatic N) is 2. The van der Waals surface area contributed by atoms with E-state index < -0.39 is 0 Å². The van der Waals surface area contributed by atoms with Crippen LogP contribution in [0.4, 0.5) is 10.8 Å². The van der Waals surface area contributed by atoms with E-state index >= 15 is 0 Å². The van der Waals surface area contributed by atoms with Gasteiger partial charge in [-0.2, -0.15) is 0 Å². The van der Waals surface area contributed by atoms with Crippen LogP contribution in [-0.4, -0.2) is 38.2 Å². The summed E-state index contributed by atoms with van der Waals surface area (Å²) in [6.07, 6.45) is 1.82. The van der Waals surface area contributed by atoms with E-state index in [1.807, 2.05) is 6.07 Å². The Morgan fingerprint density at radius 2 is 2.07 bits per heavy atom. The highest BCUT2D eigenvalue weighted by Gasteiger charge is 2.28. The largest absolute Gasteiger partial charge is 0.497 e. The number of fused-ring (bicyclic) bond motifs is 1. The van der Waals surface area contributed by atoms with Crippen LogP contribution >= 0.6 is 11.3 Å². The predicted molar refractivity (Wildman–Crippen MR) is 117 cm³/mol. The average Bonchev–Trinajstić information content (AvgIpc) is 3.17. The minimum Gasteiger partial charge on any atom is -0.497 e. The van der Waals surface area contributed by atoms with Gasteiger partial charge in [-0.15, -0.1) is 0 Å². The van der Waals surface area contributed by atoms with Gasteiger partial charge in [-0.05, 0) is 49.6 Å². The van der Waals surface area contributed by atoms with Crippen LogP contribution in [0.15, 0.2) is 36.4 Å². The topological polar surface area (TPSA) is 63.7 Å². The van der Waals surface area contributed by atoms with Crippen molar-refractivity contribution in [2.24, 2.45) is 5.92 Å². The molecule has 1 N–H and O–H groups in total. The lowest BCUT2D eigenvalue weighted by Crippen LogP contribution is -2.40. The summed E-state index contributed by atoms with van der Waals surface area (Å²) >= 11 is 1.69. The summed E-state index contributed by atoms with van der Waals surface area (Å²) in [5.41, 5.74) is 2.88. The fourth-order valence-electron chi connectivity index (χ4n) is 3.67. The molecule has 3 aromatic rings. The summed E-state index contributed by atoms with van der Waals surface area (Å²) in [4.78, 5) is 20.0. The first-order chi connectivity index (χ1) is 14.1. The van der Waals surface area contributed by atoms with Gasteiger partial charge in [0.25, 0.3) is 0 Å². The van der Waals surface area contributed by atoms with Crippen molar-refractivity contribution >= 4 is 38.3 Å².